The van der Waals surface area contributed by atoms with E-state index in [0.29, 0.717) is 0 Å². The van der Waals surface area contributed by atoms with Crippen LogP contribution >= 0.6 is 12.6 Å². The quantitative estimate of drug-likeness (QED) is 0.713. The van der Waals surface area contributed by atoms with E-state index in [1.807, 2.05) is 0 Å². The van der Waals surface area contributed by atoms with Gasteiger partial charge >= 0.3 is 0 Å². The van der Waals surface area contributed by atoms with Gasteiger partial charge in [0.25, 0.3) is 0 Å². The summed E-state index contributed by atoms with van der Waals surface area (Å²) >= 11 is 4.38. The van der Waals surface area contributed by atoms with Gasteiger partial charge in [-0.15, -0.1) is 0 Å². The zero-order valence-electron chi connectivity index (χ0n) is 9.70. The van der Waals surface area contributed by atoms with E-state index in [1.54, 1.807) is 0 Å². The Bertz CT molecular complexity index is 624. The van der Waals surface area contributed by atoms with Gasteiger partial charge in [-0.2, -0.15) is 12.6 Å². The first-order valence-corrected chi connectivity index (χ1v) is 6.18. The van der Waals surface area contributed by atoms with Crippen molar-refractivity contribution in [3.63, 3.8) is 0 Å². The first kappa shape index (κ1) is 11.3. The molecule has 0 heterocycles. The molecule has 0 radical (unpaired) electrons. The zero-order chi connectivity index (χ0) is 11.5. The van der Waals surface area contributed by atoms with Gasteiger partial charge in [0.05, 0.1) is 0 Å². The Balaban J connectivity index is 2.95. The lowest BCUT2D eigenvalue weighted by Crippen LogP contribution is -2.23. The van der Waals surface area contributed by atoms with E-state index < -0.39 is 0 Å². The number of hydrogen-bond donors (Lipinski definition) is 1. The summed E-state index contributed by atoms with van der Waals surface area (Å²) in [6.45, 7) is 4.16. The lowest BCUT2D eigenvalue weighted by atomic mass is 10.0. The second-order valence-electron chi connectivity index (χ2n) is 3.85. The molecule has 1 heteroatoms. The number of thiol groups is 1. The van der Waals surface area contributed by atoms with Crippen LogP contribution in [0.25, 0.3) is 22.9 Å². The van der Waals surface area contributed by atoms with Crippen molar-refractivity contribution in [1.29, 1.82) is 0 Å². The molecule has 0 unspecified atom stereocenters. The van der Waals surface area contributed by atoms with Gasteiger partial charge in [0.2, 0.25) is 0 Å². The maximum Gasteiger partial charge on any atom is 0.0160 e. The van der Waals surface area contributed by atoms with E-state index in [-0.39, 0.29) is 0 Å². The summed E-state index contributed by atoms with van der Waals surface area (Å²) in [6, 6.07) is 10.9. The average Bonchev–Trinajstić information content (AvgIpc) is 2.36. The smallest absolute Gasteiger partial charge is 0.0160 e. The second kappa shape index (κ2) is 4.75. The highest BCUT2D eigenvalue weighted by Crippen LogP contribution is 2.17. The fourth-order valence-electron chi connectivity index (χ4n) is 2.06. The van der Waals surface area contributed by atoms with Crippen LogP contribution in [-0.2, 0) is 5.75 Å². The van der Waals surface area contributed by atoms with Crippen molar-refractivity contribution in [2.75, 3.05) is 0 Å². The highest BCUT2D eigenvalue weighted by Gasteiger charge is 1.99. The zero-order valence-corrected chi connectivity index (χ0v) is 10.6. The monoisotopic (exact) mass is 228 g/mol. The SMILES string of the molecule is C/C=c1/cc2cccc(CS)c2c/c1=C/C. The molecule has 0 aromatic heterocycles. The highest BCUT2D eigenvalue weighted by atomic mass is 32.1. The fourth-order valence-corrected chi connectivity index (χ4v) is 2.34. The Labute approximate surface area is 102 Å². The molecule has 0 spiro atoms. The summed E-state index contributed by atoms with van der Waals surface area (Å²) in [6.07, 6.45) is 4.31. The molecular formula is C15H16S. The van der Waals surface area contributed by atoms with Gasteiger partial charge in [-0.3, -0.25) is 0 Å². The van der Waals surface area contributed by atoms with Crippen molar-refractivity contribution in [2.45, 2.75) is 19.6 Å². The van der Waals surface area contributed by atoms with Gasteiger partial charge in [-0.1, -0.05) is 30.4 Å². The molecule has 2 aromatic carbocycles. The third-order valence-corrected chi connectivity index (χ3v) is 3.31. The maximum atomic E-state index is 4.38. The van der Waals surface area contributed by atoms with Crippen LogP contribution in [0.15, 0.2) is 30.3 Å². The van der Waals surface area contributed by atoms with E-state index in [9.17, 15) is 0 Å². The van der Waals surface area contributed by atoms with Crippen molar-refractivity contribution in [2.24, 2.45) is 0 Å². The lowest BCUT2D eigenvalue weighted by molar-refractivity contribution is 1.45. The topological polar surface area (TPSA) is 0 Å². The minimum absolute atomic E-state index is 0.787. The molecule has 2 aromatic rings. The van der Waals surface area contributed by atoms with Gasteiger partial charge in [-0.05, 0) is 52.8 Å². The molecule has 0 bridgehead atoms. The van der Waals surface area contributed by atoms with Gasteiger partial charge < -0.3 is 0 Å². The van der Waals surface area contributed by atoms with Crippen LogP contribution < -0.4 is 10.4 Å². The van der Waals surface area contributed by atoms with Crippen molar-refractivity contribution >= 4 is 35.6 Å². The van der Waals surface area contributed by atoms with Crippen LogP contribution in [0.5, 0.6) is 0 Å². The summed E-state index contributed by atoms with van der Waals surface area (Å²) in [5.41, 5.74) is 1.30. The molecule has 0 saturated carbocycles. The fraction of sp³-hybridized carbons (Fsp3) is 0.200. The highest BCUT2D eigenvalue weighted by molar-refractivity contribution is 7.79. The summed E-state index contributed by atoms with van der Waals surface area (Å²) < 4.78 is 0. The Morgan fingerprint density at radius 2 is 1.75 bits per heavy atom. The number of benzene rings is 2. The Morgan fingerprint density at radius 1 is 1.06 bits per heavy atom. The normalized spacial score (nSPS) is 13.7. The van der Waals surface area contributed by atoms with Gasteiger partial charge in [0.1, 0.15) is 0 Å². The van der Waals surface area contributed by atoms with E-state index in [0.717, 1.165) is 5.75 Å². The van der Waals surface area contributed by atoms with Crippen molar-refractivity contribution < 1.29 is 0 Å². The van der Waals surface area contributed by atoms with Crippen LogP contribution in [0.4, 0.5) is 0 Å². The third kappa shape index (κ3) is 1.88. The summed E-state index contributed by atoms with van der Waals surface area (Å²) in [5, 5.41) is 5.21. The third-order valence-electron chi connectivity index (χ3n) is 2.97. The number of fused-ring (bicyclic) bond motifs is 1. The Morgan fingerprint density at radius 3 is 2.38 bits per heavy atom. The molecular weight excluding hydrogens is 212 g/mol. The van der Waals surface area contributed by atoms with Crippen molar-refractivity contribution in [1.82, 2.24) is 0 Å². The van der Waals surface area contributed by atoms with E-state index in [2.05, 4.69) is 69.0 Å². The van der Waals surface area contributed by atoms with Gasteiger partial charge in [0, 0.05) is 5.75 Å². The summed E-state index contributed by atoms with van der Waals surface area (Å²) in [5.74, 6) is 0.787. The molecule has 0 fully saturated rings. The van der Waals surface area contributed by atoms with Crippen LogP contribution in [0.3, 0.4) is 0 Å². The molecule has 0 aliphatic heterocycles. The molecule has 0 aliphatic carbocycles. The van der Waals surface area contributed by atoms with Crippen LogP contribution in [0.2, 0.25) is 0 Å². The molecule has 0 saturated heterocycles. The number of hydrogen-bond acceptors (Lipinski definition) is 1. The van der Waals surface area contributed by atoms with E-state index in [1.165, 1.54) is 26.8 Å². The standard InChI is InChI=1S/C15H16S/c1-3-11-8-13-6-5-7-14(10-16)15(13)9-12(11)4-2/h3-9,16H,10H2,1-2H3/b11-3-,12-4-. The minimum atomic E-state index is 0.787. The molecule has 16 heavy (non-hydrogen) atoms. The van der Waals surface area contributed by atoms with Crippen molar-refractivity contribution in [3.8, 4) is 0 Å². The minimum Gasteiger partial charge on any atom is -0.175 e. The molecule has 0 nitrogen and oxygen atoms in total. The average molecular weight is 228 g/mol. The first-order valence-electron chi connectivity index (χ1n) is 5.55. The first-order chi connectivity index (χ1) is 7.80. The predicted molar refractivity (Wildman–Crippen MR) is 76.2 cm³/mol. The Kier molecular flexibility index (Phi) is 3.35. The van der Waals surface area contributed by atoms with Gasteiger partial charge in [-0.25, -0.2) is 0 Å². The molecule has 0 atom stereocenters. The molecule has 82 valence electrons. The summed E-state index contributed by atoms with van der Waals surface area (Å²) in [7, 11) is 0. The van der Waals surface area contributed by atoms with E-state index >= 15 is 0 Å². The van der Waals surface area contributed by atoms with Crippen LogP contribution in [0.1, 0.15) is 19.4 Å². The van der Waals surface area contributed by atoms with Crippen LogP contribution in [0, 0.1) is 0 Å². The van der Waals surface area contributed by atoms with E-state index in [4.69, 9.17) is 0 Å². The molecule has 0 aliphatic rings. The van der Waals surface area contributed by atoms with Crippen LogP contribution in [-0.4, -0.2) is 0 Å². The predicted octanol–water partition coefficient (Wildman–Crippen LogP) is 2.87. The summed E-state index contributed by atoms with van der Waals surface area (Å²) in [4.78, 5) is 0. The lowest BCUT2D eigenvalue weighted by Gasteiger charge is -2.04. The second-order valence-corrected chi connectivity index (χ2v) is 4.17. The Hall–Kier alpha value is -1.21. The molecule has 2 rings (SSSR count). The molecule has 0 N–H and O–H groups in total. The number of rotatable bonds is 1. The largest absolute Gasteiger partial charge is 0.175 e. The van der Waals surface area contributed by atoms with Crippen molar-refractivity contribution in [3.05, 3.63) is 46.3 Å². The van der Waals surface area contributed by atoms with Gasteiger partial charge in [0.15, 0.2) is 0 Å². The maximum absolute atomic E-state index is 4.38. The molecule has 0 amide bonds.